The maximum absolute atomic E-state index is 11.9. The largest absolute Gasteiger partial charge is 0.452 e. The summed E-state index contributed by atoms with van der Waals surface area (Å²) >= 11 is 1.59. The average molecular weight is 370 g/mol. The molecule has 0 radical (unpaired) electrons. The number of hydrogen-bond acceptors (Lipinski definition) is 5. The van der Waals surface area contributed by atoms with Gasteiger partial charge in [0.05, 0.1) is 0 Å². The van der Waals surface area contributed by atoms with Crippen LogP contribution in [0.2, 0.25) is 0 Å². The number of amides is 1. The molecular weight excluding hydrogens is 348 g/mol. The maximum Gasteiger partial charge on any atom is 0.331 e. The number of benzene rings is 1. The smallest absolute Gasteiger partial charge is 0.331 e. The molecule has 1 aliphatic heterocycles. The van der Waals surface area contributed by atoms with Gasteiger partial charge in [0.25, 0.3) is 5.91 Å². The topological polar surface area (TPSA) is 58.6 Å². The van der Waals surface area contributed by atoms with Crippen LogP contribution < -0.4 is 10.2 Å². The van der Waals surface area contributed by atoms with Crippen LogP contribution in [0.15, 0.2) is 42.5 Å². The van der Waals surface area contributed by atoms with E-state index >= 15 is 0 Å². The number of carbonyl (C=O) groups excluding carboxylic acids is 2. The van der Waals surface area contributed by atoms with Crippen molar-refractivity contribution >= 4 is 40.7 Å². The van der Waals surface area contributed by atoms with E-state index in [1.54, 1.807) is 17.4 Å². The molecule has 136 valence electrons. The number of rotatable bonds is 6. The second kappa shape index (κ2) is 8.67. The molecule has 26 heavy (non-hydrogen) atoms. The van der Waals surface area contributed by atoms with Crippen LogP contribution >= 0.6 is 11.3 Å². The van der Waals surface area contributed by atoms with Crippen LogP contribution in [0.25, 0.3) is 6.08 Å². The molecule has 1 aromatic carbocycles. The minimum Gasteiger partial charge on any atom is -0.452 e. The molecule has 6 heteroatoms. The Bertz CT molecular complexity index is 790. The number of aryl methyl sites for hydroxylation is 1. The lowest BCUT2D eigenvalue weighted by molar-refractivity contribution is -0.142. The molecule has 2 heterocycles. The summed E-state index contributed by atoms with van der Waals surface area (Å²) in [5.74, 6) is -0.886. The molecule has 0 bridgehead atoms. The van der Waals surface area contributed by atoms with Crippen LogP contribution in [0.5, 0.6) is 0 Å². The summed E-state index contributed by atoms with van der Waals surface area (Å²) in [6.07, 6.45) is 5.48. The fourth-order valence-electron chi connectivity index (χ4n) is 2.81. The Morgan fingerprint density at radius 2 is 1.88 bits per heavy atom. The van der Waals surface area contributed by atoms with Gasteiger partial charge < -0.3 is 15.0 Å². The van der Waals surface area contributed by atoms with E-state index in [1.165, 1.54) is 29.5 Å². The second-order valence-corrected chi connectivity index (χ2v) is 7.50. The summed E-state index contributed by atoms with van der Waals surface area (Å²) in [5, 5.41) is 2.74. The Hall–Kier alpha value is -2.60. The summed E-state index contributed by atoms with van der Waals surface area (Å²) in [4.78, 5) is 28.1. The minimum absolute atomic E-state index is 0.305. The lowest BCUT2D eigenvalue weighted by Gasteiger charge is -2.17. The number of nitrogens with one attached hydrogen (secondary N) is 1. The Balaban J connectivity index is 1.43. The van der Waals surface area contributed by atoms with Gasteiger partial charge >= 0.3 is 5.97 Å². The number of esters is 1. The highest BCUT2D eigenvalue weighted by molar-refractivity contribution is 7.12. The highest BCUT2D eigenvalue weighted by Crippen LogP contribution is 2.22. The molecule has 1 aromatic heterocycles. The first-order chi connectivity index (χ1) is 12.6. The second-order valence-electron chi connectivity index (χ2n) is 6.18. The fourth-order valence-corrected chi connectivity index (χ4v) is 3.59. The zero-order valence-electron chi connectivity index (χ0n) is 14.7. The summed E-state index contributed by atoms with van der Waals surface area (Å²) in [6.45, 7) is 3.86. The van der Waals surface area contributed by atoms with E-state index in [0.717, 1.165) is 18.0 Å². The molecule has 1 fully saturated rings. The van der Waals surface area contributed by atoms with Crippen molar-refractivity contribution in [3.63, 3.8) is 0 Å². The van der Waals surface area contributed by atoms with Crippen LogP contribution in [0.3, 0.4) is 0 Å². The highest BCUT2D eigenvalue weighted by Gasteiger charge is 2.12. The molecule has 1 N–H and O–H groups in total. The number of carbonyl (C=O) groups is 2. The van der Waals surface area contributed by atoms with Crippen molar-refractivity contribution in [3.05, 3.63) is 52.2 Å². The van der Waals surface area contributed by atoms with E-state index in [0.29, 0.717) is 5.69 Å². The third kappa shape index (κ3) is 5.20. The van der Waals surface area contributed by atoms with Crippen LogP contribution in [-0.4, -0.2) is 31.6 Å². The lowest BCUT2D eigenvalue weighted by atomic mass is 10.2. The van der Waals surface area contributed by atoms with E-state index in [1.807, 2.05) is 43.3 Å². The summed E-state index contributed by atoms with van der Waals surface area (Å²) in [7, 11) is 0. The van der Waals surface area contributed by atoms with E-state index in [4.69, 9.17) is 4.74 Å². The highest BCUT2D eigenvalue weighted by atomic mass is 32.1. The SMILES string of the molecule is Cc1ccc(/C=C/C(=O)OCC(=O)Nc2ccc(N3CCCC3)cc2)s1. The van der Waals surface area contributed by atoms with Gasteiger partial charge in [0.2, 0.25) is 0 Å². The predicted molar refractivity (Wildman–Crippen MR) is 106 cm³/mol. The molecule has 0 spiro atoms. The number of thiophene rings is 1. The molecule has 0 saturated carbocycles. The van der Waals surface area contributed by atoms with E-state index in [-0.39, 0.29) is 12.5 Å². The van der Waals surface area contributed by atoms with E-state index < -0.39 is 5.97 Å². The van der Waals surface area contributed by atoms with Crippen molar-refractivity contribution in [1.29, 1.82) is 0 Å². The lowest BCUT2D eigenvalue weighted by Crippen LogP contribution is -2.20. The summed E-state index contributed by atoms with van der Waals surface area (Å²) in [5.41, 5.74) is 1.86. The van der Waals surface area contributed by atoms with Gasteiger partial charge in [0.15, 0.2) is 6.61 Å². The van der Waals surface area contributed by atoms with Crippen LogP contribution in [-0.2, 0) is 14.3 Å². The third-order valence-electron chi connectivity index (χ3n) is 4.11. The van der Waals surface area contributed by atoms with Gasteiger partial charge in [-0.25, -0.2) is 4.79 Å². The first-order valence-corrected chi connectivity index (χ1v) is 9.48. The fraction of sp³-hybridized carbons (Fsp3) is 0.300. The molecule has 0 aliphatic carbocycles. The first kappa shape index (κ1) is 18.2. The zero-order valence-corrected chi connectivity index (χ0v) is 15.6. The molecule has 2 aromatic rings. The van der Waals surface area contributed by atoms with Crippen LogP contribution in [0.4, 0.5) is 11.4 Å². The van der Waals surface area contributed by atoms with Crippen molar-refractivity contribution in [3.8, 4) is 0 Å². The monoisotopic (exact) mass is 370 g/mol. The predicted octanol–water partition coefficient (Wildman–Crippen LogP) is 3.85. The van der Waals surface area contributed by atoms with Crippen molar-refractivity contribution in [2.24, 2.45) is 0 Å². The summed E-state index contributed by atoms with van der Waals surface area (Å²) < 4.78 is 4.97. The van der Waals surface area contributed by atoms with E-state index in [9.17, 15) is 9.59 Å². The van der Waals surface area contributed by atoms with Crippen LogP contribution in [0, 0.1) is 6.92 Å². The molecule has 1 amide bonds. The molecule has 1 saturated heterocycles. The normalized spacial score (nSPS) is 14.0. The Morgan fingerprint density at radius 1 is 1.15 bits per heavy atom. The third-order valence-corrected chi connectivity index (χ3v) is 5.08. The molecular formula is C20H22N2O3S. The van der Waals surface area contributed by atoms with Crippen LogP contribution in [0.1, 0.15) is 22.6 Å². The molecule has 1 aliphatic rings. The van der Waals surface area contributed by atoms with Crippen molar-refractivity contribution < 1.29 is 14.3 Å². The van der Waals surface area contributed by atoms with Gasteiger partial charge in [-0.2, -0.15) is 0 Å². The van der Waals surface area contributed by atoms with Crippen molar-refractivity contribution in [2.75, 3.05) is 29.9 Å². The first-order valence-electron chi connectivity index (χ1n) is 8.66. The standard InChI is InChI=1S/C20H22N2O3S/c1-15-4-9-18(26-15)10-11-20(24)25-14-19(23)21-16-5-7-17(8-6-16)22-12-2-3-13-22/h4-11H,2-3,12-14H2,1H3,(H,21,23)/b11-10+. The molecule has 0 unspecified atom stereocenters. The molecule has 5 nitrogen and oxygen atoms in total. The van der Waals surface area contributed by atoms with Crippen molar-refractivity contribution in [2.45, 2.75) is 19.8 Å². The quantitative estimate of drug-likeness (QED) is 0.620. The molecule has 0 atom stereocenters. The zero-order chi connectivity index (χ0) is 18.4. The van der Waals surface area contributed by atoms with Gasteiger partial charge in [-0.05, 0) is 62.2 Å². The minimum atomic E-state index is -0.532. The summed E-state index contributed by atoms with van der Waals surface area (Å²) in [6, 6.07) is 11.6. The van der Waals surface area contributed by atoms with Gasteiger partial charge in [0, 0.05) is 40.3 Å². The van der Waals surface area contributed by atoms with Gasteiger partial charge in [0.1, 0.15) is 0 Å². The molecule has 3 rings (SSSR count). The number of hydrogen-bond donors (Lipinski definition) is 1. The van der Waals surface area contributed by atoms with Gasteiger partial charge in [-0.3, -0.25) is 4.79 Å². The van der Waals surface area contributed by atoms with Crippen molar-refractivity contribution in [1.82, 2.24) is 0 Å². The van der Waals surface area contributed by atoms with Gasteiger partial charge in [-0.1, -0.05) is 0 Å². The Kier molecular flexibility index (Phi) is 6.07. The number of nitrogens with zero attached hydrogens (tertiary/aromatic N) is 1. The average Bonchev–Trinajstić information content (AvgIpc) is 3.31. The Labute approximate surface area is 157 Å². The van der Waals surface area contributed by atoms with E-state index in [2.05, 4.69) is 10.2 Å². The Morgan fingerprint density at radius 3 is 2.54 bits per heavy atom. The number of anilines is 2. The maximum atomic E-state index is 11.9. The van der Waals surface area contributed by atoms with Gasteiger partial charge in [-0.15, -0.1) is 11.3 Å². The number of ether oxygens (including phenoxy) is 1.